The molecular weight excluding hydrogens is 687 g/mol. The molecule has 57 heavy (non-hydrogen) atoms. The van der Waals surface area contributed by atoms with Gasteiger partial charge in [-0.3, -0.25) is 0 Å². The molecule has 2 nitrogen and oxygen atoms in total. The van der Waals surface area contributed by atoms with Gasteiger partial charge in [-0.2, -0.15) is 0 Å². The van der Waals surface area contributed by atoms with E-state index in [1.54, 1.807) is 0 Å². The highest BCUT2D eigenvalue weighted by Crippen LogP contribution is 2.47. The molecule has 0 spiro atoms. The lowest BCUT2D eigenvalue weighted by Crippen LogP contribution is -2.61. The van der Waals surface area contributed by atoms with Crippen LogP contribution in [0.15, 0.2) is 97.1 Å². The summed E-state index contributed by atoms with van der Waals surface area (Å²) in [5.41, 5.74) is 19.2. The average Bonchev–Trinajstić information content (AvgIpc) is 3.20. The van der Waals surface area contributed by atoms with Gasteiger partial charge in [-0.05, 0) is 147 Å². The van der Waals surface area contributed by atoms with Crippen molar-refractivity contribution in [1.82, 2.24) is 0 Å². The van der Waals surface area contributed by atoms with Crippen LogP contribution in [0.2, 0.25) is 0 Å². The molecule has 4 aliphatic rings. The maximum Gasteiger partial charge on any atom is 0.252 e. The molecule has 0 atom stereocenters. The largest absolute Gasteiger partial charge is 0.311 e. The smallest absolute Gasteiger partial charge is 0.252 e. The molecule has 5 aromatic rings. The molecule has 0 bridgehead atoms. The minimum Gasteiger partial charge on any atom is -0.311 e. The highest BCUT2D eigenvalue weighted by Gasteiger charge is 2.45. The second-order valence-electron chi connectivity index (χ2n) is 21.2. The Bertz CT molecular complexity index is 2110. The summed E-state index contributed by atoms with van der Waals surface area (Å²) in [4.78, 5) is 5.25. The maximum atomic E-state index is 2.62. The lowest BCUT2D eigenvalue weighted by molar-refractivity contribution is 0.443. The molecule has 0 unspecified atom stereocenters. The first-order chi connectivity index (χ1) is 27.2. The fourth-order valence-electron chi connectivity index (χ4n) is 10.6. The van der Waals surface area contributed by atoms with E-state index in [1.165, 1.54) is 143 Å². The lowest BCUT2D eigenvalue weighted by Gasteiger charge is -2.45. The zero-order chi connectivity index (χ0) is 39.9. The van der Waals surface area contributed by atoms with Crippen molar-refractivity contribution >= 4 is 57.2 Å². The van der Waals surface area contributed by atoms with Crippen LogP contribution in [0, 0.1) is 0 Å². The molecule has 9 rings (SSSR count). The van der Waals surface area contributed by atoms with Crippen LogP contribution in [0.4, 0.5) is 34.1 Å². The molecule has 2 fully saturated rings. The monoisotopic (exact) mass is 753 g/mol. The van der Waals surface area contributed by atoms with Crippen LogP contribution in [0.1, 0.15) is 166 Å². The number of hydrogen-bond donors (Lipinski definition) is 0. The number of nitrogens with zero attached hydrogens (tertiary/aromatic N) is 2. The third kappa shape index (κ3) is 6.96. The molecule has 2 aliphatic heterocycles. The maximum absolute atomic E-state index is 2.62. The number of anilines is 6. The third-order valence-corrected chi connectivity index (χ3v) is 14.1. The van der Waals surface area contributed by atoms with Gasteiger partial charge < -0.3 is 9.80 Å². The van der Waals surface area contributed by atoms with Crippen LogP contribution in [0.3, 0.4) is 0 Å². The normalized spacial score (nSPS) is 17.7. The molecule has 0 saturated heterocycles. The minimum atomic E-state index is -0.0409. The van der Waals surface area contributed by atoms with Crippen molar-refractivity contribution in [2.75, 3.05) is 9.80 Å². The molecule has 2 saturated carbocycles. The van der Waals surface area contributed by atoms with Crippen LogP contribution < -0.4 is 26.2 Å². The van der Waals surface area contributed by atoms with Gasteiger partial charge in [-0.1, -0.05) is 149 Å². The molecule has 3 heteroatoms. The van der Waals surface area contributed by atoms with E-state index in [0.717, 1.165) is 0 Å². The topological polar surface area (TPSA) is 6.48 Å². The summed E-state index contributed by atoms with van der Waals surface area (Å²) in [6, 6.07) is 39.4. The summed E-state index contributed by atoms with van der Waals surface area (Å²) < 4.78 is 0. The highest BCUT2D eigenvalue weighted by molar-refractivity contribution is 7.00. The van der Waals surface area contributed by atoms with Gasteiger partial charge in [0.2, 0.25) is 0 Å². The van der Waals surface area contributed by atoms with E-state index in [1.807, 2.05) is 0 Å². The summed E-state index contributed by atoms with van der Waals surface area (Å²) in [5.74, 6) is 1.37. The van der Waals surface area contributed by atoms with Crippen LogP contribution in [0.25, 0.3) is 0 Å². The Morgan fingerprint density at radius 3 is 1.12 bits per heavy atom. The molecule has 0 aromatic heterocycles. The van der Waals surface area contributed by atoms with E-state index in [-0.39, 0.29) is 23.0 Å². The first-order valence-electron chi connectivity index (χ1n) is 22.4. The summed E-state index contributed by atoms with van der Waals surface area (Å²) >= 11 is 0. The second-order valence-corrected chi connectivity index (χ2v) is 21.2. The Morgan fingerprint density at radius 2 is 0.772 bits per heavy atom. The molecule has 294 valence electrons. The van der Waals surface area contributed by atoms with E-state index in [0.29, 0.717) is 11.8 Å². The number of hydrogen-bond acceptors (Lipinski definition) is 2. The van der Waals surface area contributed by atoms with Gasteiger partial charge >= 0.3 is 0 Å². The molecule has 0 amide bonds. The van der Waals surface area contributed by atoms with E-state index in [2.05, 4.69) is 169 Å². The van der Waals surface area contributed by atoms with Gasteiger partial charge in [0.1, 0.15) is 0 Å². The van der Waals surface area contributed by atoms with E-state index in [9.17, 15) is 0 Å². The Hall–Kier alpha value is -4.24. The van der Waals surface area contributed by atoms with E-state index in [4.69, 9.17) is 0 Å². The van der Waals surface area contributed by atoms with Crippen molar-refractivity contribution in [1.29, 1.82) is 0 Å². The Kier molecular flexibility index (Phi) is 9.57. The number of benzene rings is 5. The van der Waals surface area contributed by atoms with Crippen LogP contribution in [-0.4, -0.2) is 6.71 Å². The van der Waals surface area contributed by atoms with Crippen molar-refractivity contribution in [2.24, 2.45) is 0 Å². The Morgan fingerprint density at radius 1 is 0.404 bits per heavy atom. The third-order valence-electron chi connectivity index (χ3n) is 14.1. The van der Waals surface area contributed by atoms with Crippen molar-refractivity contribution in [3.8, 4) is 0 Å². The Balaban J connectivity index is 1.31. The predicted molar refractivity (Wildman–Crippen MR) is 248 cm³/mol. The molecule has 0 N–H and O–H groups in total. The summed E-state index contributed by atoms with van der Waals surface area (Å²) in [7, 11) is 0. The fraction of sp³-hybridized carbons (Fsp3) is 0.444. The van der Waals surface area contributed by atoms with E-state index < -0.39 is 0 Å². The van der Waals surface area contributed by atoms with Crippen LogP contribution in [0.5, 0.6) is 0 Å². The molecule has 5 aromatic carbocycles. The number of fused-ring (bicyclic) bond motifs is 4. The first-order valence-corrected chi connectivity index (χ1v) is 22.4. The van der Waals surface area contributed by atoms with Crippen molar-refractivity contribution in [2.45, 2.75) is 155 Å². The average molecular weight is 753 g/mol. The molecule has 2 heterocycles. The van der Waals surface area contributed by atoms with Gasteiger partial charge in [-0.25, -0.2) is 0 Å². The first kappa shape index (κ1) is 38.3. The standard InChI is InChI=1S/C54H65BN2/c1-52(2,3)40-24-30-47-45(32-40)55-46-33-41(53(4,5)6)25-31-48(46)57(44-28-22-39(23-29-44)37-18-14-11-15-19-37)50-35-42(54(7,8)9)34-49(51(50)55)56(47)43-26-20-38(21-27-43)36-16-12-10-13-17-36/h20-37H,10-19H2,1-9H3. The number of rotatable bonds is 4. The second kappa shape index (κ2) is 14.2. The summed E-state index contributed by atoms with van der Waals surface area (Å²) in [6.07, 6.45) is 13.5. The lowest BCUT2D eigenvalue weighted by atomic mass is 9.33. The zero-order valence-electron chi connectivity index (χ0n) is 36.4. The molecule has 2 aliphatic carbocycles. The van der Waals surface area contributed by atoms with Gasteiger partial charge in [-0.15, -0.1) is 0 Å². The van der Waals surface area contributed by atoms with Crippen LogP contribution in [-0.2, 0) is 16.2 Å². The van der Waals surface area contributed by atoms with E-state index >= 15 is 0 Å². The predicted octanol–water partition coefficient (Wildman–Crippen LogP) is 13.8. The highest BCUT2D eigenvalue weighted by atomic mass is 15.2. The van der Waals surface area contributed by atoms with Gasteiger partial charge in [0.05, 0.1) is 0 Å². The zero-order valence-corrected chi connectivity index (χ0v) is 36.4. The summed E-state index contributed by atoms with van der Waals surface area (Å²) in [5, 5.41) is 0. The van der Waals surface area contributed by atoms with Gasteiger partial charge in [0, 0.05) is 34.1 Å². The van der Waals surface area contributed by atoms with Gasteiger partial charge in [0.15, 0.2) is 0 Å². The van der Waals surface area contributed by atoms with Crippen LogP contribution >= 0.6 is 0 Å². The quantitative estimate of drug-likeness (QED) is 0.165. The van der Waals surface area contributed by atoms with Crippen molar-refractivity contribution in [3.63, 3.8) is 0 Å². The van der Waals surface area contributed by atoms with Gasteiger partial charge in [0.25, 0.3) is 6.71 Å². The van der Waals surface area contributed by atoms with Crippen molar-refractivity contribution in [3.05, 3.63) is 125 Å². The van der Waals surface area contributed by atoms with Crippen molar-refractivity contribution < 1.29 is 0 Å². The molecular formula is C54H65BN2. The molecule has 0 radical (unpaired) electrons. The minimum absolute atomic E-state index is 0.0254. The fourth-order valence-corrected chi connectivity index (χ4v) is 10.6. The summed E-state index contributed by atoms with van der Waals surface area (Å²) in [6.45, 7) is 21.4. The SMILES string of the molecule is CC(C)(C)c1ccc2c(c1)B1c3cc(C(C)(C)C)ccc3N(c3ccc(C4CCCCC4)cc3)c3cc(C(C)(C)C)cc(c31)N2c1ccc(C2CCCCC2)cc1. The Labute approximate surface area is 345 Å².